The maximum Gasteiger partial charge on any atom is 0.416 e. The number of aromatic nitrogens is 2. The number of methoxy groups -OCH3 is 1. The lowest BCUT2D eigenvalue weighted by molar-refractivity contribution is -0.143. The van der Waals surface area contributed by atoms with E-state index in [-0.39, 0.29) is 40.9 Å². The molecule has 0 bridgehead atoms. The Morgan fingerprint density at radius 1 is 1.12 bits per heavy atom. The number of halogens is 6. The Balaban J connectivity index is 1.75. The molecule has 7 nitrogen and oxygen atoms in total. The Morgan fingerprint density at radius 2 is 1.80 bits per heavy atom. The monoisotopic (exact) mass is 580 g/mol. The zero-order chi connectivity index (χ0) is 29.9. The van der Waals surface area contributed by atoms with Crippen LogP contribution in [0.3, 0.4) is 0 Å². The van der Waals surface area contributed by atoms with Crippen molar-refractivity contribution in [3.63, 3.8) is 0 Å². The summed E-state index contributed by atoms with van der Waals surface area (Å²) in [5.74, 6) is -0.610. The molecule has 0 saturated heterocycles. The first-order valence-electron chi connectivity index (χ1n) is 12.5. The third-order valence-electron chi connectivity index (χ3n) is 6.63. The Bertz CT molecular complexity index is 1420. The van der Waals surface area contributed by atoms with E-state index < -0.39 is 35.9 Å². The van der Waals surface area contributed by atoms with Gasteiger partial charge < -0.3 is 20.5 Å². The van der Waals surface area contributed by atoms with Gasteiger partial charge in [-0.2, -0.15) is 26.3 Å². The summed E-state index contributed by atoms with van der Waals surface area (Å²) in [6, 6.07) is 6.63. The van der Waals surface area contributed by atoms with Gasteiger partial charge in [0, 0.05) is 41.5 Å². The van der Waals surface area contributed by atoms with Gasteiger partial charge in [0.15, 0.2) is 0 Å². The van der Waals surface area contributed by atoms with E-state index in [4.69, 9.17) is 9.84 Å². The van der Waals surface area contributed by atoms with Crippen LogP contribution < -0.4 is 15.4 Å². The lowest BCUT2D eigenvalue weighted by Gasteiger charge is -2.33. The number of carbonyl (C=O) groups is 1. The Hall–Kier alpha value is -4.29. The van der Waals surface area contributed by atoms with Crippen molar-refractivity contribution in [1.29, 1.82) is 0 Å². The summed E-state index contributed by atoms with van der Waals surface area (Å²) in [4.78, 5) is 19.8. The maximum atomic E-state index is 13.4. The highest BCUT2D eigenvalue weighted by Gasteiger charge is 2.37. The van der Waals surface area contributed by atoms with Crippen LogP contribution in [0.2, 0.25) is 0 Å². The van der Waals surface area contributed by atoms with Crippen LogP contribution in [0.4, 0.5) is 38.0 Å². The third-order valence-corrected chi connectivity index (χ3v) is 6.63. The van der Waals surface area contributed by atoms with Gasteiger partial charge in [0.2, 0.25) is 5.95 Å². The van der Waals surface area contributed by atoms with Gasteiger partial charge in [0.05, 0.1) is 30.0 Å². The summed E-state index contributed by atoms with van der Waals surface area (Å²) in [6.45, 7) is 2.02. The normalized spacial score (nSPS) is 17.2. The molecule has 2 heterocycles. The van der Waals surface area contributed by atoms with E-state index in [1.807, 2.05) is 25.1 Å². The number of carboxylic acids is 1. The number of aliphatic carboxylic acids is 1. The second-order valence-electron chi connectivity index (χ2n) is 9.49. The van der Waals surface area contributed by atoms with Crippen molar-refractivity contribution >= 4 is 23.7 Å². The minimum atomic E-state index is -5.01. The number of nitrogens with one attached hydrogen (secondary N) is 2. The number of rotatable bonds is 8. The van der Waals surface area contributed by atoms with Crippen LogP contribution >= 0.6 is 0 Å². The number of alkyl halides is 6. The number of anilines is 2. The molecule has 1 aliphatic rings. The van der Waals surface area contributed by atoms with E-state index in [0.29, 0.717) is 24.3 Å². The quantitative estimate of drug-likeness (QED) is 0.196. The van der Waals surface area contributed by atoms with E-state index in [0.717, 1.165) is 29.8 Å². The smallest absolute Gasteiger partial charge is 0.416 e. The first kappa shape index (κ1) is 29.7. The zero-order valence-electron chi connectivity index (χ0n) is 21.9. The zero-order valence-corrected chi connectivity index (χ0v) is 21.9. The van der Waals surface area contributed by atoms with E-state index in [1.165, 1.54) is 13.3 Å². The van der Waals surface area contributed by atoms with Crippen molar-refractivity contribution in [2.75, 3.05) is 17.7 Å². The highest BCUT2D eigenvalue weighted by atomic mass is 19.4. The summed E-state index contributed by atoms with van der Waals surface area (Å²) < 4.78 is 85.9. The molecule has 3 aromatic rings. The molecule has 2 aromatic carbocycles. The molecule has 3 N–H and O–H groups in total. The largest absolute Gasteiger partial charge is 0.497 e. The van der Waals surface area contributed by atoms with Crippen LogP contribution in [-0.4, -0.2) is 34.2 Å². The number of nitrogens with zero attached hydrogens (tertiary/aromatic N) is 2. The van der Waals surface area contributed by atoms with Crippen molar-refractivity contribution in [1.82, 2.24) is 9.97 Å². The van der Waals surface area contributed by atoms with Crippen molar-refractivity contribution < 1.29 is 41.0 Å². The summed E-state index contributed by atoms with van der Waals surface area (Å²) in [7, 11) is 1.53. The second-order valence-corrected chi connectivity index (χ2v) is 9.49. The van der Waals surface area contributed by atoms with Crippen LogP contribution in [0, 0.1) is 0 Å². The number of fused-ring (bicyclic) bond motifs is 1. The van der Waals surface area contributed by atoms with E-state index in [9.17, 15) is 31.1 Å². The molecule has 0 amide bonds. The molecule has 0 unspecified atom stereocenters. The van der Waals surface area contributed by atoms with Gasteiger partial charge >= 0.3 is 18.3 Å². The Kier molecular flexibility index (Phi) is 8.45. The third kappa shape index (κ3) is 7.27. The molecule has 0 radical (unpaired) electrons. The molecule has 41 heavy (non-hydrogen) atoms. The molecule has 1 aliphatic heterocycles. The van der Waals surface area contributed by atoms with Gasteiger partial charge in [-0.3, -0.25) is 0 Å². The van der Waals surface area contributed by atoms with Crippen LogP contribution in [-0.2, 0) is 23.6 Å². The molecule has 1 aromatic heterocycles. The van der Waals surface area contributed by atoms with Crippen LogP contribution in [0.5, 0.6) is 5.75 Å². The summed E-state index contributed by atoms with van der Waals surface area (Å²) in [5, 5.41) is 15.7. The van der Waals surface area contributed by atoms with Gasteiger partial charge in [-0.1, -0.05) is 6.92 Å². The maximum absolute atomic E-state index is 13.4. The SMILES string of the molecule is CC[C@@H]1C[C@H](Nc2ncc(C=CC(=O)O)c(Cc3cc(C(F)(F)F)cc(C(F)(F)F)c3)n2)c2cc(OC)ccc2N1. The fraction of sp³-hybridized carbons (Fsp3) is 0.321. The standard InChI is InChI=1S/C28H26F6N4O3/c1-3-19-12-24(21-13-20(41-2)5-6-22(21)36-19)38-26-35-14-16(4-7-25(39)40)23(37-26)10-15-8-17(27(29,30)31)11-18(9-15)28(32,33)34/h4-9,11,13-14,19,24,36H,3,10,12H2,1-2H3,(H,39,40)(H,35,37,38)/t19-,24+/m1/s1. The molecule has 0 aliphatic carbocycles. The summed E-state index contributed by atoms with van der Waals surface area (Å²) in [5.41, 5.74) is -1.31. The highest BCUT2D eigenvalue weighted by molar-refractivity contribution is 5.85. The Morgan fingerprint density at radius 3 is 2.39 bits per heavy atom. The molecule has 13 heteroatoms. The average molecular weight is 581 g/mol. The van der Waals surface area contributed by atoms with Crippen molar-refractivity contribution in [2.45, 2.75) is 50.6 Å². The minimum Gasteiger partial charge on any atom is -0.497 e. The molecule has 218 valence electrons. The molecule has 4 rings (SSSR count). The molecular formula is C28H26F6N4O3. The van der Waals surface area contributed by atoms with Crippen LogP contribution in [0.15, 0.2) is 48.7 Å². The summed E-state index contributed by atoms with van der Waals surface area (Å²) in [6.07, 6.45) is -5.85. The highest BCUT2D eigenvalue weighted by Crippen LogP contribution is 2.39. The number of carboxylic acid groups (broad SMARTS) is 1. The van der Waals surface area contributed by atoms with Gasteiger partial charge in [-0.05, 0) is 60.9 Å². The van der Waals surface area contributed by atoms with Crippen molar-refractivity contribution in [2.24, 2.45) is 0 Å². The van der Waals surface area contributed by atoms with Crippen molar-refractivity contribution in [3.05, 3.63) is 82.2 Å². The van der Waals surface area contributed by atoms with Crippen molar-refractivity contribution in [3.8, 4) is 5.75 Å². The number of hydrogen-bond donors (Lipinski definition) is 3. The Labute approximate surface area is 231 Å². The predicted octanol–water partition coefficient (Wildman–Crippen LogP) is 6.96. The minimum absolute atomic E-state index is 0.0410. The average Bonchev–Trinajstić information content (AvgIpc) is 2.91. The predicted molar refractivity (Wildman–Crippen MR) is 140 cm³/mol. The first-order valence-corrected chi connectivity index (χ1v) is 12.5. The molecule has 0 spiro atoms. The van der Waals surface area contributed by atoms with Gasteiger partial charge in [-0.25, -0.2) is 14.8 Å². The fourth-order valence-electron chi connectivity index (χ4n) is 4.59. The van der Waals surface area contributed by atoms with Gasteiger partial charge in [0.1, 0.15) is 5.75 Å². The lowest BCUT2D eigenvalue weighted by Crippen LogP contribution is -2.31. The van der Waals surface area contributed by atoms with E-state index >= 15 is 0 Å². The summed E-state index contributed by atoms with van der Waals surface area (Å²) >= 11 is 0. The number of benzene rings is 2. The topological polar surface area (TPSA) is 96.4 Å². The second kappa shape index (κ2) is 11.7. The molecule has 2 atom stereocenters. The van der Waals surface area contributed by atoms with Gasteiger partial charge in [-0.15, -0.1) is 0 Å². The van der Waals surface area contributed by atoms with E-state index in [1.54, 1.807) is 0 Å². The van der Waals surface area contributed by atoms with Crippen LogP contribution in [0.25, 0.3) is 6.08 Å². The number of hydrogen-bond acceptors (Lipinski definition) is 6. The van der Waals surface area contributed by atoms with Gasteiger partial charge in [0.25, 0.3) is 0 Å². The van der Waals surface area contributed by atoms with Crippen LogP contribution in [0.1, 0.15) is 59.3 Å². The number of ether oxygens (including phenoxy) is 1. The van der Waals surface area contributed by atoms with E-state index in [2.05, 4.69) is 20.6 Å². The molecular weight excluding hydrogens is 554 g/mol. The lowest BCUT2D eigenvalue weighted by atomic mass is 9.91. The fourth-order valence-corrected chi connectivity index (χ4v) is 4.59. The molecule has 0 fully saturated rings. The molecule has 0 saturated carbocycles. The first-order chi connectivity index (χ1) is 19.3.